The molecule has 0 unspecified atom stereocenters. The molecule has 0 radical (unpaired) electrons. The molecule has 0 bridgehead atoms. The molecule has 0 nitrogen and oxygen atoms in total. The Labute approximate surface area is 35.4 Å². The number of hydrogen-bond donors (Lipinski definition) is 0. The van der Waals surface area contributed by atoms with E-state index in [9.17, 15) is 0 Å². The van der Waals surface area contributed by atoms with E-state index in [1.54, 1.807) is 0 Å². The summed E-state index contributed by atoms with van der Waals surface area (Å²) in [7, 11) is 0. The Morgan fingerprint density at radius 3 is 2.00 bits per heavy atom. The molecule has 0 amide bonds. The van der Waals surface area contributed by atoms with Crippen LogP contribution in [0.2, 0.25) is 10.5 Å². The van der Waals surface area contributed by atoms with Crippen LogP contribution in [0.5, 0.6) is 0 Å². The van der Waals surface area contributed by atoms with Crippen molar-refractivity contribution in [1.29, 1.82) is 0 Å². The molecule has 24 valence electrons. The normalized spacial score (nSPS) is 6.50. The van der Waals surface area contributed by atoms with Gasteiger partial charge >= 0.3 is 34.8 Å². The first-order chi connectivity index (χ1) is 1.91. The van der Waals surface area contributed by atoms with Crippen LogP contribution < -0.4 is 0 Å². The summed E-state index contributed by atoms with van der Waals surface area (Å²) in [5.74, 6) is 0. The van der Waals surface area contributed by atoms with Crippen LogP contribution in [0.1, 0.15) is 6.92 Å². The van der Waals surface area contributed by atoms with Crippen LogP contribution in [0.25, 0.3) is 0 Å². The molecule has 0 N–H and O–H groups in total. The topological polar surface area (TPSA) is 0 Å². The zero-order valence-corrected chi connectivity index (χ0v) is 6.38. The van der Waals surface area contributed by atoms with Crippen molar-refractivity contribution >= 4 is 17.4 Å². The molecule has 1 heteroatoms. The molecule has 4 heavy (non-hydrogen) atoms. The van der Waals surface area contributed by atoms with Crippen LogP contribution in [-0.2, 0) is 0 Å². The predicted molar refractivity (Wildman–Crippen MR) is 23.5 cm³/mol. The van der Waals surface area contributed by atoms with Gasteiger partial charge in [0.05, 0.1) is 0 Å². The van der Waals surface area contributed by atoms with Crippen molar-refractivity contribution in [3.05, 3.63) is 0 Å². The van der Waals surface area contributed by atoms with Crippen LogP contribution in [0.4, 0.5) is 0 Å². The summed E-state index contributed by atoms with van der Waals surface area (Å²) < 4.78 is 0. The summed E-state index contributed by atoms with van der Waals surface area (Å²) >= 11 is 0.111. The van der Waals surface area contributed by atoms with Gasteiger partial charge in [0.2, 0.25) is 0 Å². The molecule has 0 aromatic rings. The fourth-order valence-corrected chi connectivity index (χ4v) is 0. The van der Waals surface area contributed by atoms with Gasteiger partial charge in [0.25, 0.3) is 0 Å². The van der Waals surface area contributed by atoms with Gasteiger partial charge in [-0.1, -0.05) is 0 Å². The second kappa shape index (κ2) is 3.64. The van der Waals surface area contributed by atoms with Crippen molar-refractivity contribution in [3.63, 3.8) is 0 Å². The molecule has 0 atom stereocenters. The van der Waals surface area contributed by atoms with Gasteiger partial charge in [0, 0.05) is 0 Å². The van der Waals surface area contributed by atoms with E-state index >= 15 is 0 Å². The van der Waals surface area contributed by atoms with Gasteiger partial charge in [-0.3, -0.25) is 0 Å². The zero-order valence-electron chi connectivity index (χ0n) is 3.41. The Morgan fingerprint density at radius 1 is 1.75 bits per heavy atom. The van der Waals surface area contributed by atoms with Crippen LogP contribution in [-0.4, -0.2) is 17.4 Å². The van der Waals surface area contributed by atoms with E-state index in [1.807, 2.05) is 0 Å². The quantitative estimate of drug-likeness (QED) is 0.443. The van der Waals surface area contributed by atoms with Crippen LogP contribution in [0, 0.1) is 0 Å². The van der Waals surface area contributed by atoms with E-state index < -0.39 is 0 Å². The molecule has 0 aliphatic heterocycles. The van der Waals surface area contributed by atoms with Crippen molar-refractivity contribution in [2.24, 2.45) is 0 Å². The summed E-state index contributed by atoms with van der Waals surface area (Å²) in [6.45, 7) is 2.26. The first kappa shape index (κ1) is 4.64. The fraction of sp³-hybridized carbons (Fsp3) is 1.00. The maximum atomic E-state index is 2.37. The van der Waals surface area contributed by atoms with Gasteiger partial charge in [-0.15, -0.1) is 0 Å². The Balaban J connectivity index is 1.97. The maximum absolute atomic E-state index is 2.37. The standard InChI is InChI=1S/C2H5.CH3.Ga.H/c1-2;;;/h1H2,2H3;1H3;;/i;;1-2;. The van der Waals surface area contributed by atoms with Gasteiger partial charge in [-0.05, 0) is 0 Å². The van der Waals surface area contributed by atoms with E-state index in [2.05, 4.69) is 12.4 Å². The third-order valence-corrected chi connectivity index (χ3v) is 2.60. The molecule has 0 aromatic heterocycles. The summed E-state index contributed by atoms with van der Waals surface area (Å²) in [6.07, 6.45) is 0. The number of hydrogen-bond acceptors (Lipinski definition) is 0. The minimum absolute atomic E-state index is 0.111. The van der Waals surface area contributed by atoms with Crippen molar-refractivity contribution in [2.75, 3.05) is 0 Å². The molecule has 0 heterocycles. The Kier molecular flexibility index (Phi) is 4.21. The molecule has 0 spiro atoms. The number of rotatable bonds is 1. The molecule has 0 aromatic carbocycles. The van der Waals surface area contributed by atoms with E-state index in [4.69, 9.17) is 0 Å². The molecular formula is C3H9Ga. The van der Waals surface area contributed by atoms with Crippen LogP contribution in [0.15, 0.2) is 0 Å². The van der Waals surface area contributed by atoms with E-state index in [1.165, 1.54) is 4.98 Å². The monoisotopic (exact) mass is 113 g/mol. The van der Waals surface area contributed by atoms with Gasteiger partial charge in [-0.25, -0.2) is 0 Å². The summed E-state index contributed by atoms with van der Waals surface area (Å²) in [5, 5.41) is 0. The average molecular weight is 113 g/mol. The SMILES string of the molecule is C[CH2][68GaH][CH3]. The van der Waals surface area contributed by atoms with Crippen molar-refractivity contribution in [1.82, 2.24) is 0 Å². The van der Waals surface area contributed by atoms with E-state index in [-0.39, 0.29) is 17.4 Å². The second-order valence-corrected chi connectivity index (χ2v) is 5.20. The van der Waals surface area contributed by atoms with Gasteiger partial charge in [0.15, 0.2) is 0 Å². The summed E-state index contributed by atoms with van der Waals surface area (Å²) in [5.41, 5.74) is 2.37. The molecule has 0 saturated carbocycles. The van der Waals surface area contributed by atoms with Crippen molar-refractivity contribution < 1.29 is 0 Å². The van der Waals surface area contributed by atoms with Gasteiger partial charge in [-0.2, -0.15) is 0 Å². The molecule has 0 saturated heterocycles. The molecule has 0 aliphatic rings. The predicted octanol–water partition coefficient (Wildman–Crippen LogP) is 0.909. The van der Waals surface area contributed by atoms with Gasteiger partial charge in [0.1, 0.15) is 0 Å². The zero-order chi connectivity index (χ0) is 3.41. The van der Waals surface area contributed by atoms with Gasteiger partial charge < -0.3 is 0 Å². The summed E-state index contributed by atoms with van der Waals surface area (Å²) in [4.78, 5) is 1.51. The van der Waals surface area contributed by atoms with Crippen LogP contribution >= 0.6 is 0 Å². The fourth-order valence-electron chi connectivity index (χ4n) is 0. The molecule has 0 rings (SSSR count). The van der Waals surface area contributed by atoms with Crippen LogP contribution in [0.3, 0.4) is 0 Å². The Morgan fingerprint density at radius 2 is 2.00 bits per heavy atom. The molecular weight excluding hydrogens is 104 g/mol. The van der Waals surface area contributed by atoms with Crippen molar-refractivity contribution in [3.8, 4) is 0 Å². The molecule has 0 aliphatic carbocycles. The average Bonchev–Trinajstić information content (AvgIpc) is 1.37. The first-order valence-electron chi connectivity index (χ1n) is 1.91. The third kappa shape index (κ3) is 2.64. The minimum atomic E-state index is 0.111. The Bertz CT molecular complexity index is 5.25. The molecule has 0 fully saturated rings. The van der Waals surface area contributed by atoms with E-state index in [0.29, 0.717) is 0 Å². The van der Waals surface area contributed by atoms with E-state index in [0.717, 1.165) is 0 Å². The second-order valence-electron chi connectivity index (χ2n) is 1.000. The first-order valence-corrected chi connectivity index (χ1v) is 6.98. The third-order valence-electron chi connectivity index (χ3n) is 0.500. The summed E-state index contributed by atoms with van der Waals surface area (Å²) in [6, 6.07) is 0. The Hall–Kier alpha value is 0.636. The van der Waals surface area contributed by atoms with Crippen molar-refractivity contribution in [2.45, 2.75) is 17.4 Å².